The molecule has 0 spiro atoms. The highest BCUT2D eigenvalue weighted by atomic mass is 16.4. The number of piperidine rings is 1. The van der Waals surface area contributed by atoms with Crippen LogP contribution in [0.1, 0.15) is 33.1 Å². The zero-order chi connectivity index (χ0) is 13.8. The molecule has 1 aliphatic rings. The molecule has 2 atom stereocenters. The van der Waals surface area contributed by atoms with Gasteiger partial charge < -0.3 is 21.1 Å². The number of urea groups is 1. The van der Waals surface area contributed by atoms with E-state index in [9.17, 15) is 14.4 Å². The molecule has 0 aromatic rings. The molecule has 3 amide bonds. The van der Waals surface area contributed by atoms with Crippen molar-refractivity contribution in [3.63, 3.8) is 0 Å². The summed E-state index contributed by atoms with van der Waals surface area (Å²) in [6, 6.07) is -1.22. The van der Waals surface area contributed by atoms with Crippen LogP contribution in [0.25, 0.3) is 0 Å². The molecule has 7 nitrogen and oxygen atoms in total. The molecule has 1 heterocycles. The molecule has 0 saturated carbocycles. The highest BCUT2D eigenvalue weighted by Crippen LogP contribution is 2.09. The van der Waals surface area contributed by atoms with Gasteiger partial charge >= 0.3 is 12.0 Å². The second-order valence-electron chi connectivity index (χ2n) is 4.58. The van der Waals surface area contributed by atoms with Gasteiger partial charge in [0.1, 0.15) is 11.6 Å². The quantitative estimate of drug-likeness (QED) is 0.560. The minimum atomic E-state index is -1.32. The third-order valence-electron chi connectivity index (χ3n) is 3.16. The normalized spacial score (nSPS) is 22.6. The Morgan fingerprint density at radius 3 is 2.72 bits per heavy atom. The van der Waals surface area contributed by atoms with E-state index >= 15 is 0 Å². The van der Waals surface area contributed by atoms with Crippen molar-refractivity contribution >= 4 is 17.9 Å². The van der Waals surface area contributed by atoms with E-state index in [0.717, 1.165) is 6.42 Å². The van der Waals surface area contributed by atoms with E-state index in [1.807, 2.05) is 0 Å². The Morgan fingerprint density at radius 1 is 1.56 bits per heavy atom. The van der Waals surface area contributed by atoms with Crippen LogP contribution in [0.15, 0.2) is 0 Å². The minimum Gasteiger partial charge on any atom is -0.480 e. The molecular formula is C11H19N3O4. The molecular weight excluding hydrogens is 238 g/mol. The molecule has 4 N–H and O–H groups in total. The van der Waals surface area contributed by atoms with Crippen LogP contribution in [-0.4, -0.2) is 41.1 Å². The summed E-state index contributed by atoms with van der Waals surface area (Å²) in [4.78, 5) is 34.1. The van der Waals surface area contributed by atoms with Crippen LogP contribution >= 0.6 is 0 Å². The molecule has 0 aromatic heterocycles. The zero-order valence-electron chi connectivity index (χ0n) is 10.6. The summed E-state index contributed by atoms with van der Waals surface area (Å²) < 4.78 is 0. The van der Waals surface area contributed by atoms with Crippen molar-refractivity contribution in [2.75, 3.05) is 6.54 Å². The lowest BCUT2D eigenvalue weighted by molar-refractivity contribution is -0.143. The van der Waals surface area contributed by atoms with Gasteiger partial charge in [0.25, 0.3) is 0 Å². The Kier molecular flexibility index (Phi) is 4.52. The topological polar surface area (TPSA) is 108 Å². The fourth-order valence-corrected chi connectivity index (χ4v) is 1.65. The smallest absolute Gasteiger partial charge is 0.329 e. The van der Waals surface area contributed by atoms with Crippen molar-refractivity contribution in [2.24, 2.45) is 0 Å². The number of carboxylic acid groups (broad SMARTS) is 1. The number of nitrogens with one attached hydrogen (secondary N) is 3. The summed E-state index contributed by atoms with van der Waals surface area (Å²) in [6.07, 6.45) is 1.61. The van der Waals surface area contributed by atoms with E-state index in [1.165, 1.54) is 6.92 Å². The van der Waals surface area contributed by atoms with Gasteiger partial charge in [0.05, 0.1) is 0 Å². The minimum absolute atomic E-state index is 0.232. The van der Waals surface area contributed by atoms with Crippen molar-refractivity contribution in [2.45, 2.75) is 44.7 Å². The number of rotatable bonds is 4. The summed E-state index contributed by atoms with van der Waals surface area (Å²) in [6.45, 7) is 3.71. The standard InChI is InChI=1S/C11H19N3O4/c1-3-11(2,9(16)17)14-10(18)13-7-5-4-6-12-8(7)15/h7H,3-6H2,1-2H3,(H,12,15)(H,16,17)(H2,13,14,18). The van der Waals surface area contributed by atoms with Gasteiger partial charge in [0.2, 0.25) is 5.91 Å². The Hall–Kier alpha value is -1.79. The largest absolute Gasteiger partial charge is 0.480 e. The molecule has 102 valence electrons. The fourth-order valence-electron chi connectivity index (χ4n) is 1.65. The highest BCUT2D eigenvalue weighted by Gasteiger charge is 2.34. The van der Waals surface area contributed by atoms with E-state index in [-0.39, 0.29) is 12.3 Å². The van der Waals surface area contributed by atoms with Gasteiger partial charge in [-0.3, -0.25) is 4.79 Å². The molecule has 0 aliphatic carbocycles. The number of aliphatic carboxylic acids is 1. The maximum Gasteiger partial charge on any atom is 0.329 e. The van der Waals surface area contributed by atoms with Gasteiger partial charge in [-0.05, 0) is 26.2 Å². The highest BCUT2D eigenvalue weighted by molar-refractivity contribution is 5.90. The maximum atomic E-state index is 11.7. The van der Waals surface area contributed by atoms with Crippen LogP contribution < -0.4 is 16.0 Å². The summed E-state index contributed by atoms with van der Waals surface area (Å²) in [5.41, 5.74) is -1.32. The molecule has 1 aliphatic heterocycles. The number of amides is 3. The third kappa shape index (κ3) is 3.35. The first-order valence-corrected chi connectivity index (χ1v) is 5.99. The Morgan fingerprint density at radius 2 is 2.22 bits per heavy atom. The van der Waals surface area contributed by atoms with Crippen LogP contribution in [0, 0.1) is 0 Å². The Bertz CT molecular complexity index is 358. The van der Waals surface area contributed by atoms with E-state index < -0.39 is 23.6 Å². The SMILES string of the molecule is CCC(C)(NC(=O)NC1CCCNC1=O)C(=O)O. The van der Waals surface area contributed by atoms with Crippen molar-refractivity contribution in [3.05, 3.63) is 0 Å². The van der Waals surface area contributed by atoms with E-state index in [1.54, 1.807) is 6.92 Å². The fraction of sp³-hybridized carbons (Fsp3) is 0.727. The van der Waals surface area contributed by atoms with E-state index in [0.29, 0.717) is 13.0 Å². The number of hydrogen-bond acceptors (Lipinski definition) is 3. The summed E-state index contributed by atoms with van der Waals surface area (Å²) >= 11 is 0. The number of carbonyl (C=O) groups excluding carboxylic acids is 2. The summed E-state index contributed by atoms with van der Waals surface area (Å²) in [5.74, 6) is -1.34. The first-order chi connectivity index (χ1) is 8.39. The molecule has 0 bridgehead atoms. The van der Waals surface area contributed by atoms with Crippen LogP contribution in [0.3, 0.4) is 0 Å². The molecule has 1 rings (SSSR count). The van der Waals surface area contributed by atoms with Crippen LogP contribution in [-0.2, 0) is 9.59 Å². The van der Waals surface area contributed by atoms with Gasteiger partial charge in [-0.25, -0.2) is 9.59 Å². The monoisotopic (exact) mass is 257 g/mol. The average molecular weight is 257 g/mol. The van der Waals surface area contributed by atoms with Crippen molar-refractivity contribution in [1.82, 2.24) is 16.0 Å². The Labute approximate surface area is 105 Å². The van der Waals surface area contributed by atoms with Crippen molar-refractivity contribution < 1.29 is 19.5 Å². The molecule has 1 fully saturated rings. The lowest BCUT2D eigenvalue weighted by Crippen LogP contribution is -2.59. The molecule has 18 heavy (non-hydrogen) atoms. The molecule has 0 aromatic carbocycles. The van der Waals surface area contributed by atoms with E-state index in [2.05, 4.69) is 16.0 Å². The maximum absolute atomic E-state index is 11.7. The lowest BCUT2D eigenvalue weighted by atomic mass is 9.99. The summed E-state index contributed by atoms with van der Waals surface area (Å²) in [7, 11) is 0. The third-order valence-corrected chi connectivity index (χ3v) is 3.16. The first kappa shape index (κ1) is 14.3. The van der Waals surface area contributed by atoms with Gasteiger partial charge in [-0.15, -0.1) is 0 Å². The van der Waals surface area contributed by atoms with E-state index in [4.69, 9.17) is 5.11 Å². The number of hydrogen-bond donors (Lipinski definition) is 4. The molecule has 7 heteroatoms. The predicted octanol–water partition coefficient (Wildman–Crippen LogP) is -0.182. The number of carbonyl (C=O) groups is 3. The van der Waals surface area contributed by atoms with Gasteiger partial charge in [0.15, 0.2) is 0 Å². The van der Waals surface area contributed by atoms with Crippen molar-refractivity contribution in [1.29, 1.82) is 0 Å². The summed E-state index contributed by atoms with van der Waals surface area (Å²) in [5, 5.41) is 16.5. The molecule has 0 radical (unpaired) electrons. The van der Waals surface area contributed by atoms with Crippen LogP contribution in [0.4, 0.5) is 4.79 Å². The molecule has 2 unspecified atom stereocenters. The number of carboxylic acids is 1. The Balaban J connectivity index is 2.55. The van der Waals surface area contributed by atoms with Gasteiger partial charge in [-0.2, -0.15) is 0 Å². The zero-order valence-corrected chi connectivity index (χ0v) is 10.6. The second kappa shape index (κ2) is 5.70. The first-order valence-electron chi connectivity index (χ1n) is 5.99. The second-order valence-corrected chi connectivity index (χ2v) is 4.58. The van der Waals surface area contributed by atoms with Gasteiger partial charge in [0, 0.05) is 6.54 Å². The van der Waals surface area contributed by atoms with Crippen molar-refractivity contribution in [3.8, 4) is 0 Å². The lowest BCUT2D eigenvalue weighted by Gasteiger charge is -2.27. The van der Waals surface area contributed by atoms with Crippen LogP contribution in [0.2, 0.25) is 0 Å². The van der Waals surface area contributed by atoms with Crippen LogP contribution in [0.5, 0.6) is 0 Å². The van der Waals surface area contributed by atoms with Gasteiger partial charge in [-0.1, -0.05) is 6.92 Å². The predicted molar refractivity (Wildman–Crippen MR) is 64.0 cm³/mol. The molecule has 1 saturated heterocycles. The average Bonchev–Trinajstić information content (AvgIpc) is 2.31.